The number of aryl methyl sites for hydroxylation is 3. The van der Waals surface area contributed by atoms with Crippen molar-refractivity contribution < 1.29 is 9.59 Å². The molecule has 19 heavy (non-hydrogen) atoms. The maximum Gasteiger partial charge on any atom is 0.140 e. The average Bonchev–Trinajstić information content (AvgIpc) is 2.28. The van der Waals surface area contributed by atoms with Crippen molar-refractivity contribution in [3.63, 3.8) is 0 Å². The fourth-order valence-electron chi connectivity index (χ4n) is 3.03. The highest BCUT2D eigenvalue weighted by Crippen LogP contribution is 2.33. The smallest absolute Gasteiger partial charge is 0.140 e. The van der Waals surface area contributed by atoms with Gasteiger partial charge in [-0.05, 0) is 43.4 Å². The highest BCUT2D eigenvalue weighted by atomic mass is 16.1. The minimum atomic E-state index is 0.0885. The van der Waals surface area contributed by atoms with Gasteiger partial charge in [-0.1, -0.05) is 31.5 Å². The van der Waals surface area contributed by atoms with E-state index in [4.69, 9.17) is 0 Å². The van der Waals surface area contributed by atoms with Gasteiger partial charge >= 0.3 is 0 Å². The molecule has 0 heterocycles. The number of hydrogen-bond donors (Lipinski definition) is 0. The Hall–Kier alpha value is -1.44. The van der Waals surface area contributed by atoms with E-state index in [-0.39, 0.29) is 23.9 Å². The molecule has 0 bridgehead atoms. The summed E-state index contributed by atoms with van der Waals surface area (Å²) >= 11 is 0. The molecule has 1 aliphatic carbocycles. The predicted molar refractivity (Wildman–Crippen MR) is 78.6 cm³/mol. The van der Waals surface area contributed by atoms with Gasteiger partial charge in [-0.3, -0.25) is 9.59 Å². The molecule has 2 rings (SSSR count). The van der Waals surface area contributed by atoms with Crippen molar-refractivity contribution in [2.24, 2.45) is 0 Å². The molecule has 0 amide bonds. The molecule has 0 N–H and O–H groups in total. The van der Waals surface area contributed by atoms with E-state index < -0.39 is 0 Å². The van der Waals surface area contributed by atoms with Crippen molar-refractivity contribution in [3.8, 4) is 0 Å². The van der Waals surface area contributed by atoms with E-state index >= 15 is 0 Å². The van der Waals surface area contributed by atoms with Gasteiger partial charge < -0.3 is 0 Å². The monoisotopic (exact) mass is 260 g/mol. The van der Waals surface area contributed by atoms with Gasteiger partial charge in [-0.2, -0.15) is 0 Å². The summed E-state index contributed by atoms with van der Waals surface area (Å²) in [6.07, 6.45) is 1.19. The molecule has 0 aromatic heterocycles. The van der Waals surface area contributed by atoms with Crippen molar-refractivity contribution in [2.75, 3.05) is 0 Å². The van der Waals surface area contributed by atoms with Gasteiger partial charge in [0.2, 0.25) is 0 Å². The Bertz CT molecular complexity index is 447. The van der Waals surface area contributed by atoms with E-state index in [1.165, 1.54) is 22.3 Å². The van der Waals surface area contributed by atoms with Crippen LogP contribution in [0.25, 0.3) is 0 Å². The van der Waals surface area contributed by atoms with Crippen LogP contribution in [0, 0.1) is 20.8 Å². The molecule has 0 atom stereocenters. The third-order valence-electron chi connectivity index (χ3n) is 3.49. The first-order valence-electron chi connectivity index (χ1n) is 7.08. The zero-order valence-electron chi connectivity index (χ0n) is 12.7. The lowest BCUT2D eigenvalue weighted by Gasteiger charge is -2.24. The van der Waals surface area contributed by atoms with Gasteiger partial charge in [0.15, 0.2) is 0 Å². The molecule has 0 radical (unpaired) electrons. The Balaban J connectivity index is 0.000000861. The third-order valence-corrected chi connectivity index (χ3v) is 3.49. The molecule has 1 fully saturated rings. The largest absolute Gasteiger partial charge is 0.299 e. The Kier molecular flexibility index (Phi) is 5.46. The van der Waals surface area contributed by atoms with E-state index in [1.807, 2.05) is 13.8 Å². The second-order valence-electron chi connectivity index (χ2n) is 5.17. The number of Topliss-reactive ketones (excluding diaryl/α,β-unsaturated/α-hetero) is 2. The lowest BCUT2D eigenvalue weighted by Crippen LogP contribution is -2.22. The Morgan fingerprint density at radius 1 is 0.895 bits per heavy atom. The highest BCUT2D eigenvalue weighted by Gasteiger charge is 2.28. The summed E-state index contributed by atoms with van der Waals surface area (Å²) in [7, 11) is 0. The normalized spacial score (nSPS) is 16.1. The highest BCUT2D eigenvalue weighted by molar-refractivity contribution is 6.02. The molecule has 104 valence electrons. The Morgan fingerprint density at radius 3 is 1.74 bits per heavy atom. The number of benzene rings is 1. The Labute approximate surface area is 116 Å². The maximum absolute atomic E-state index is 11.5. The summed E-state index contributed by atoms with van der Waals surface area (Å²) in [6, 6.07) is 4.26. The van der Waals surface area contributed by atoms with Gasteiger partial charge in [0, 0.05) is 12.8 Å². The molecule has 1 aliphatic rings. The minimum absolute atomic E-state index is 0.0885. The van der Waals surface area contributed by atoms with Gasteiger partial charge in [0.1, 0.15) is 11.6 Å². The quantitative estimate of drug-likeness (QED) is 0.714. The Morgan fingerprint density at radius 2 is 1.32 bits per heavy atom. The predicted octanol–water partition coefficient (Wildman–Crippen LogP) is 4.04. The average molecular weight is 260 g/mol. The van der Waals surface area contributed by atoms with Crippen molar-refractivity contribution >= 4 is 11.6 Å². The van der Waals surface area contributed by atoms with Crippen LogP contribution in [0.5, 0.6) is 0 Å². The van der Waals surface area contributed by atoms with Crippen LogP contribution in [-0.2, 0) is 9.59 Å². The summed E-state index contributed by atoms with van der Waals surface area (Å²) in [4.78, 5) is 23.1. The molecular formula is C17H24O2. The van der Waals surface area contributed by atoms with E-state index in [0.29, 0.717) is 12.8 Å². The molecule has 2 nitrogen and oxygen atoms in total. The van der Waals surface area contributed by atoms with Crippen LogP contribution in [0.4, 0.5) is 0 Å². The van der Waals surface area contributed by atoms with Crippen molar-refractivity contribution in [2.45, 2.75) is 59.8 Å². The molecule has 1 saturated carbocycles. The number of rotatable bonds is 1. The first-order chi connectivity index (χ1) is 8.97. The maximum atomic E-state index is 11.5. The summed E-state index contributed by atoms with van der Waals surface area (Å²) < 4.78 is 0. The first-order valence-corrected chi connectivity index (χ1v) is 7.08. The summed E-state index contributed by atoms with van der Waals surface area (Å²) in [5.41, 5.74) is 4.85. The molecular weight excluding hydrogens is 236 g/mol. The molecule has 1 aromatic rings. The second kappa shape index (κ2) is 6.65. The molecule has 0 saturated heterocycles. The molecule has 0 aliphatic heterocycles. The number of hydrogen-bond acceptors (Lipinski definition) is 2. The van der Waals surface area contributed by atoms with E-state index in [0.717, 1.165) is 0 Å². The molecule has 2 heteroatoms. The van der Waals surface area contributed by atoms with Gasteiger partial charge in [-0.15, -0.1) is 0 Å². The van der Waals surface area contributed by atoms with Crippen LogP contribution in [0.15, 0.2) is 12.1 Å². The van der Waals surface area contributed by atoms with Crippen molar-refractivity contribution in [1.82, 2.24) is 0 Å². The SMILES string of the molecule is CC.Cc1cc(C)c(C2CC(=O)CC(=O)C2)c(C)c1. The number of ketones is 2. The van der Waals surface area contributed by atoms with E-state index in [1.54, 1.807) is 0 Å². The van der Waals surface area contributed by atoms with Crippen LogP contribution in [0.2, 0.25) is 0 Å². The van der Waals surface area contributed by atoms with E-state index in [9.17, 15) is 9.59 Å². The van der Waals surface area contributed by atoms with E-state index in [2.05, 4.69) is 32.9 Å². The van der Waals surface area contributed by atoms with Crippen LogP contribution < -0.4 is 0 Å². The van der Waals surface area contributed by atoms with Gasteiger partial charge in [0.25, 0.3) is 0 Å². The number of carbonyl (C=O) groups excluding carboxylic acids is 2. The van der Waals surface area contributed by atoms with Crippen LogP contribution in [0.1, 0.15) is 61.3 Å². The minimum Gasteiger partial charge on any atom is -0.299 e. The van der Waals surface area contributed by atoms with Crippen molar-refractivity contribution in [3.05, 3.63) is 34.4 Å². The molecule has 0 unspecified atom stereocenters. The molecule has 0 spiro atoms. The summed E-state index contributed by atoms with van der Waals surface area (Å²) in [5, 5.41) is 0. The standard InChI is InChI=1S/C15H18O2.C2H6/c1-9-4-10(2)15(11(3)5-9)12-6-13(16)8-14(17)7-12;1-2/h4-5,12H,6-8H2,1-3H3;1-2H3. The van der Waals surface area contributed by atoms with Gasteiger partial charge in [0.05, 0.1) is 6.42 Å². The van der Waals surface area contributed by atoms with Crippen LogP contribution in [-0.4, -0.2) is 11.6 Å². The zero-order valence-corrected chi connectivity index (χ0v) is 12.7. The summed E-state index contributed by atoms with van der Waals surface area (Å²) in [5.74, 6) is 0.278. The fourth-order valence-corrected chi connectivity index (χ4v) is 3.03. The van der Waals surface area contributed by atoms with Crippen LogP contribution in [0.3, 0.4) is 0 Å². The lowest BCUT2D eigenvalue weighted by atomic mass is 9.79. The zero-order chi connectivity index (χ0) is 14.6. The lowest BCUT2D eigenvalue weighted by molar-refractivity contribution is -0.130. The van der Waals surface area contributed by atoms with Gasteiger partial charge in [-0.25, -0.2) is 0 Å². The topological polar surface area (TPSA) is 34.1 Å². The number of carbonyl (C=O) groups is 2. The fraction of sp³-hybridized carbons (Fsp3) is 0.529. The molecule has 1 aromatic carbocycles. The first kappa shape index (κ1) is 15.6. The summed E-state index contributed by atoms with van der Waals surface area (Å²) in [6.45, 7) is 10.2. The second-order valence-corrected chi connectivity index (χ2v) is 5.17. The van der Waals surface area contributed by atoms with Crippen molar-refractivity contribution in [1.29, 1.82) is 0 Å². The third kappa shape index (κ3) is 3.76. The van der Waals surface area contributed by atoms with Crippen LogP contribution >= 0.6 is 0 Å².